The van der Waals surface area contributed by atoms with E-state index in [-0.39, 0.29) is 5.56 Å². The molecule has 0 fully saturated rings. The van der Waals surface area contributed by atoms with Crippen molar-refractivity contribution in [3.8, 4) is 0 Å². The van der Waals surface area contributed by atoms with Crippen molar-refractivity contribution in [2.24, 2.45) is 0 Å². The first-order chi connectivity index (χ1) is 10.8. The Balaban J connectivity index is 2.21. The van der Waals surface area contributed by atoms with Gasteiger partial charge in [-0.2, -0.15) is 0 Å². The fourth-order valence-corrected chi connectivity index (χ4v) is 4.54. The first-order valence-corrected chi connectivity index (χ1v) is 8.14. The fourth-order valence-electron chi connectivity index (χ4n) is 2.32. The summed E-state index contributed by atoms with van der Waals surface area (Å²) in [5.41, 5.74) is 0.249. The van der Waals surface area contributed by atoms with Crippen LogP contribution >= 0.6 is 0 Å². The topological polar surface area (TPSA) is 40.1 Å². The zero-order valence-corrected chi connectivity index (χ0v) is 12.6. The van der Waals surface area contributed by atoms with Gasteiger partial charge in [0.15, 0.2) is 14.7 Å². The molecule has 3 rings (SSSR count). The van der Waals surface area contributed by atoms with E-state index >= 15 is 0 Å². The molecule has 0 saturated carbocycles. The van der Waals surface area contributed by atoms with Crippen LogP contribution in [0.5, 0.6) is 0 Å². The van der Waals surface area contributed by atoms with Gasteiger partial charge in [0.2, 0.25) is 0 Å². The van der Waals surface area contributed by atoms with E-state index < -0.39 is 16.9 Å². The molecule has 0 heterocycles. The summed E-state index contributed by atoms with van der Waals surface area (Å²) in [5, 5.41) is 11.5. The summed E-state index contributed by atoms with van der Waals surface area (Å²) in [7, 11) is -0.468. The minimum Gasteiger partial charge on any atom is -0.545 e. The maximum absolute atomic E-state index is 11.5. The van der Waals surface area contributed by atoms with Crippen LogP contribution in [-0.2, 0) is 10.9 Å². The highest BCUT2D eigenvalue weighted by atomic mass is 32.2. The molecule has 0 saturated heterocycles. The standard InChI is InChI=1S/C19H14O2S/c20-19(21)17-13-7-8-14-18(17)22(15-9-3-1-4-10-15)16-11-5-2-6-12-16/h1-14H. The van der Waals surface area contributed by atoms with Crippen LogP contribution in [-0.4, -0.2) is 5.97 Å². The quantitative estimate of drug-likeness (QED) is 0.695. The Hall–Kier alpha value is -2.52. The van der Waals surface area contributed by atoms with E-state index in [0.29, 0.717) is 0 Å². The van der Waals surface area contributed by atoms with Gasteiger partial charge in [-0.1, -0.05) is 48.5 Å². The van der Waals surface area contributed by atoms with Crippen molar-refractivity contribution in [2.75, 3.05) is 0 Å². The molecule has 3 aromatic carbocycles. The lowest BCUT2D eigenvalue weighted by Crippen LogP contribution is -2.24. The molecule has 2 nitrogen and oxygen atoms in total. The van der Waals surface area contributed by atoms with Gasteiger partial charge in [0.25, 0.3) is 0 Å². The fraction of sp³-hybridized carbons (Fsp3) is 0. The van der Waals surface area contributed by atoms with Crippen LogP contribution in [0.2, 0.25) is 0 Å². The van der Waals surface area contributed by atoms with Crippen molar-refractivity contribution in [3.05, 3.63) is 90.5 Å². The zero-order valence-electron chi connectivity index (χ0n) is 11.8. The Labute approximate surface area is 132 Å². The van der Waals surface area contributed by atoms with Crippen molar-refractivity contribution in [3.63, 3.8) is 0 Å². The zero-order chi connectivity index (χ0) is 15.4. The van der Waals surface area contributed by atoms with Crippen LogP contribution < -0.4 is 5.11 Å². The third kappa shape index (κ3) is 2.90. The summed E-state index contributed by atoms with van der Waals surface area (Å²) in [6, 6.07) is 27.0. The van der Waals surface area contributed by atoms with Gasteiger partial charge in [0, 0.05) is 0 Å². The monoisotopic (exact) mass is 306 g/mol. The van der Waals surface area contributed by atoms with Crippen molar-refractivity contribution < 1.29 is 9.90 Å². The van der Waals surface area contributed by atoms with Gasteiger partial charge in [0.05, 0.1) is 22.4 Å². The minimum absolute atomic E-state index is 0.249. The van der Waals surface area contributed by atoms with E-state index in [1.54, 1.807) is 12.1 Å². The van der Waals surface area contributed by atoms with Crippen molar-refractivity contribution >= 4 is 16.9 Å². The van der Waals surface area contributed by atoms with E-state index in [1.165, 1.54) is 0 Å². The first-order valence-electron chi connectivity index (χ1n) is 6.92. The molecule has 0 N–H and O–H groups in total. The van der Waals surface area contributed by atoms with Gasteiger partial charge in [-0.3, -0.25) is 0 Å². The minimum atomic E-state index is -1.14. The van der Waals surface area contributed by atoms with E-state index in [1.807, 2.05) is 72.8 Å². The lowest BCUT2D eigenvalue weighted by Gasteiger charge is -2.12. The second kappa shape index (κ2) is 6.50. The SMILES string of the molecule is O=C([O-])c1ccccc1[S+](c1ccccc1)c1ccccc1. The van der Waals surface area contributed by atoms with Crippen LogP contribution in [0.1, 0.15) is 10.4 Å². The number of hydrogen-bond acceptors (Lipinski definition) is 2. The van der Waals surface area contributed by atoms with Crippen LogP contribution in [0, 0.1) is 0 Å². The van der Waals surface area contributed by atoms with E-state index in [2.05, 4.69) is 0 Å². The highest BCUT2D eigenvalue weighted by Crippen LogP contribution is 2.32. The molecule has 0 spiro atoms. The molecule has 3 aromatic rings. The molecule has 0 unspecified atom stereocenters. The van der Waals surface area contributed by atoms with Gasteiger partial charge in [0.1, 0.15) is 0 Å². The second-order valence-electron chi connectivity index (χ2n) is 4.72. The van der Waals surface area contributed by atoms with Crippen molar-refractivity contribution in [2.45, 2.75) is 14.7 Å². The smallest absolute Gasteiger partial charge is 0.175 e. The number of hydrogen-bond donors (Lipinski definition) is 0. The van der Waals surface area contributed by atoms with Crippen LogP contribution in [0.15, 0.2) is 99.6 Å². The number of rotatable bonds is 4. The Morgan fingerprint density at radius 3 is 1.64 bits per heavy atom. The molecule has 108 valence electrons. The van der Waals surface area contributed by atoms with E-state index in [0.717, 1.165) is 14.7 Å². The number of benzene rings is 3. The number of aromatic carboxylic acids is 1. The number of carbonyl (C=O) groups excluding carboxylic acids is 1. The van der Waals surface area contributed by atoms with Gasteiger partial charge < -0.3 is 9.90 Å². The molecule has 0 bridgehead atoms. The summed E-state index contributed by atoms with van der Waals surface area (Å²) < 4.78 is 0. The second-order valence-corrected chi connectivity index (χ2v) is 6.71. The summed E-state index contributed by atoms with van der Waals surface area (Å²) in [6.45, 7) is 0. The largest absolute Gasteiger partial charge is 0.545 e. The molecular weight excluding hydrogens is 292 g/mol. The number of carbonyl (C=O) groups is 1. The molecule has 0 aromatic heterocycles. The maximum atomic E-state index is 11.5. The molecule has 3 heteroatoms. The summed E-state index contributed by atoms with van der Waals surface area (Å²) in [6.07, 6.45) is 0. The van der Waals surface area contributed by atoms with Gasteiger partial charge in [-0.25, -0.2) is 0 Å². The summed E-state index contributed by atoms with van der Waals surface area (Å²) in [5.74, 6) is -1.14. The molecule has 0 aliphatic rings. The van der Waals surface area contributed by atoms with Gasteiger partial charge in [-0.05, 0) is 36.4 Å². The van der Waals surface area contributed by atoms with Gasteiger partial charge >= 0.3 is 0 Å². The summed E-state index contributed by atoms with van der Waals surface area (Å²) in [4.78, 5) is 14.4. The van der Waals surface area contributed by atoms with Crippen LogP contribution in [0.4, 0.5) is 0 Å². The molecule has 0 amide bonds. The maximum Gasteiger partial charge on any atom is 0.175 e. The predicted octanol–water partition coefficient (Wildman–Crippen LogP) is 3.15. The van der Waals surface area contributed by atoms with Crippen molar-refractivity contribution in [1.29, 1.82) is 0 Å². The Kier molecular flexibility index (Phi) is 4.26. The Bertz CT molecular complexity index is 730. The lowest BCUT2D eigenvalue weighted by molar-refractivity contribution is -0.255. The number of carboxylic acids is 1. The van der Waals surface area contributed by atoms with Crippen molar-refractivity contribution in [1.82, 2.24) is 0 Å². The lowest BCUT2D eigenvalue weighted by atomic mass is 10.2. The molecule has 0 aliphatic heterocycles. The summed E-state index contributed by atoms with van der Waals surface area (Å²) >= 11 is 0. The normalized spacial score (nSPS) is 10.6. The molecule has 0 atom stereocenters. The van der Waals surface area contributed by atoms with Crippen LogP contribution in [0.3, 0.4) is 0 Å². The van der Waals surface area contributed by atoms with E-state index in [9.17, 15) is 9.90 Å². The third-order valence-electron chi connectivity index (χ3n) is 3.28. The highest BCUT2D eigenvalue weighted by molar-refractivity contribution is 7.97. The third-order valence-corrected chi connectivity index (χ3v) is 5.57. The average molecular weight is 306 g/mol. The molecule has 0 aliphatic carbocycles. The Morgan fingerprint density at radius 2 is 1.14 bits per heavy atom. The van der Waals surface area contributed by atoms with Crippen LogP contribution in [0.25, 0.3) is 0 Å². The van der Waals surface area contributed by atoms with Gasteiger partial charge in [-0.15, -0.1) is 0 Å². The first kappa shape index (κ1) is 14.4. The average Bonchev–Trinajstić information content (AvgIpc) is 2.57. The Morgan fingerprint density at radius 1 is 0.682 bits per heavy atom. The number of carboxylic acid groups (broad SMARTS) is 1. The van der Waals surface area contributed by atoms with E-state index in [4.69, 9.17) is 0 Å². The molecule has 22 heavy (non-hydrogen) atoms. The highest BCUT2D eigenvalue weighted by Gasteiger charge is 2.30. The molecular formula is C19H14O2S. The predicted molar refractivity (Wildman–Crippen MR) is 85.8 cm³/mol. The molecule has 0 radical (unpaired) electrons.